The van der Waals surface area contributed by atoms with Gasteiger partial charge < -0.3 is 10.5 Å². The van der Waals surface area contributed by atoms with Gasteiger partial charge in [0.15, 0.2) is 5.78 Å². The molecule has 0 spiro atoms. The van der Waals surface area contributed by atoms with Gasteiger partial charge in [-0.05, 0) is 24.5 Å². The van der Waals surface area contributed by atoms with Crippen LogP contribution in [-0.4, -0.2) is 18.5 Å². The lowest BCUT2D eigenvalue weighted by atomic mass is 9.92. The van der Waals surface area contributed by atoms with E-state index in [1.165, 1.54) is 0 Å². The fourth-order valence-electron chi connectivity index (χ4n) is 2.17. The molecule has 1 amide bonds. The molecule has 114 valence electrons. The van der Waals surface area contributed by atoms with E-state index < -0.39 is 35.0 Å². The number of Topliss-reactive ketones (excluding diaryl/α,β-unsaturated/α-hetero) is 1. The van der Waals surface area contributed by atoms with E-state index in [0.29, 0.717) is 12.3 Å². The third kappa shape index (κ3) is 4.14. The summed E-state index contributed by atoms with van der Waals surface area (Å²) in [6.07, 6.45) is 1.28. The van der Waals surface area contributed by atoms with Crippen molar-refractivity contribution in [2.75, 3.05) is 6.61 Å². The molecule has 2 rings (SSSR count). The Kier molecular flexibility index (Phi) is 4.77. The van der Waals surface area contributed by atoms with Crippen molar-refractivity contribution in [1.29, 1.82) is 0 Å². The molecule has 1 fully saturated rings. The topological polar surface area (TPSA) is 69.4 Å². The fourth-order valence-corrected chi connectivity index (χ4v) is 2.36. The standard InChI is InChI=1S/C14H14ClF2NO3/c15-9-4-10(16)12(11(17)5-9)13(19)8(3-7-1-2-7)6-21-14(18)20/h4-5,7-8H,1-3,6H2,(H2,18,20)/t8-/m0/s1. The number of primary amides is 1. The average Bonchev–Trinajstić information content (AvgIpc) is 3.16. The maximum atomic E-state index is 13.8. The number of rotatable bonds is 6. The van der Waals surface area contributed by atoms with Crippen molar-refractivity contribution in [1.82, 2.24) is 0 Å². The SMILES string of the molecule is NC(=O)OC[C@H](CC1CC1)C(=O)c1c(F)cc(Cl)cc1F. The van der Waals surface area contributed by atoms with Gasteiger partial charge in [-0.3, -0.25) is 4.79 Å². The van der Waals surface area contributed by atoms with Crippen LogP contribution in [0.4, 0.5) is 13.6 Å². The van der Waals surface area contributed by atoms with Crippen LogP contribution < -0.4 is 5.73 Å². The minimum absolute atomic E-state index is 0.131. The number of carbonyl (C=O) groups excluding carboxylic acids is 2. The predicted octanol–water partition coefficient (Wildman–Crippen LogP) is 3.31. The molecule has 2 N–H and O–H groups in total. The van der Waals surface area contributed by atoms with Crippen LogP contribution in [0, 0.1) is 23.5 Å². The van der Waals surface area contributed by atoms with E-state index in [9.17, 15) is 18.4 Å². The van der Waals surface area contributed by atoms with Gasteiger partial charge in [0.1, 0.15) is 18.2 Å². The van der Waals surface area contributed by atoms with Gasteiger partial charge in [0, 0.05) is 5.02 Å². The quantitative estimate of drug-likeness (QED) is 0.818. The molecule has 0 unspecified atom stereocenters. The summed E-state index contributed by atoms with van der Waals surface area (Å²) in [4.78, 5) is 23.0. The van der Waals surface area contributed by atoms with Gasteiger partial charge in [-0.15, -0.1) is 0 Å². The number of halogens is 3. The van der Waals surface area contributed by atoms with Crippen molar-refractivity contribution in [3.8, 4) is 0 Å². The Morgan fingerprint density at radius 3 is 2.38 bits per heavy atom. The Balaban J connectivity index is 2.22. The molecule has 21 heavy (non-hydrogen) atoms. The number of carbonyl (C=O) groups is 2. The first-order valence-corrected chi connectivity index (χ1v) is 6.87. The molecule has 7 heteroatoms. The Morgan fingerprint density at radius 1 is 1.33 bits per heavy atom. The number of benzene rings is 1. The lowest BCUT2D eigenvalue weighted by molar-refractivity contribution is 0.0799. The van der Waals surface area contributed by atoms with E-state index in [4.69, 9.17) is 17.3 Å². The molecule has 1 aliphatic carbocycles. The Bertz CT molecular complexity index is 552. The predicted molar refractivity (Wildman–Crippen MR) is 72.1 cm³/mol. The molecule has 1 aliphatic rings. The number of ether oxygens (including phenoxy) is 1. The maximum Gasteiger partial charge on any atom is 0.404 e. The first kappa shape index (κ1) is 15.7. The van der Waals surface area contributed by atoms with E-state index >= 15 is 0 Å². The Morgan fingerprint density at radius 2 is 1.90 bits per heavy atom. The van der Waals surface area contributed by atoms with Crippen LogP contribution in [0.1, 0.15) is 29.6 Å². The molecule has 1 aromatic carbocycles. The smallest absolute Gasteiger partial charge is 0.404 e. The van der Waals surface area contributed by atoms with Crippen LogP contribution in [0.25, 0.3) is 0 Å². The summed E-state index contributed by atoms with van der Waals surface area (Å²) in [6.45, 7) is -0.286. The number of ketones is 1. The van der Waals surface area contributed by atoms with Crippen LogP contribution in [0.3, 0.4) is 0 Å². The summed E-state index contributed by atoms with van der Waals surface area (Å²) < 4.78 is 32.2. The van der Waals surface area contributed by atoms with Gasteiger partial charge in [-0.1, -0.05) is 24.4 Å². The molecular formula is C14H14ClF2NO3. The highest BCUT2D eigenvalue weighted by atomic mass is 35.5. The lowest BCUT2D eigenvalue weighted by Crippen LogP contribution is -2.26. The lowest BCUT2D eigenvalue weighted by Gasteiger charge is -2.16. The Hall–Kier alpha value is -1.69. The number of hydrogen-bond acceptors (Lipinski definition) is 3. The molecule has 1 atom stereocenters. The van der Waals surface area contributed by atoms with E-state index in [2.05, 4.69) is 4.74 Å². The number of nitrogens with two attached hydrogens (primary N) is 1. The summed E-state index contributed by atoms with van der Waals surface area (Å²) in [5, 5.41) is -0.131. The van der Waals surface area contributed by atoms with Gasteiger partial charge in [-0.2, -0.15) is 0 Å². The third-order valence-corrected chi connectivity index (χ3v) is 3.58. The van der Waals surface area contributed by atoms with Crippen molar-refractivity contribution >= 4 is 23.5 Å². The molecule has 0 saturated heterocycles. The van der Waals surface area contributed by atoms with Crippen LogP contribution >= 0.6 is 11.6 Å². The van der Waals surface area contributed by atoms with Crippen LogP contribution in [0.15, 0.2) is 12.1 Å². The zero-order valence-electron chi connectivity index (χ0n) is 11.1. The van der Waals surface area contributed by atoms with Gasteiger partial charge >= 0.3 is 6.09 Å². The summed E-state index contributed by atoms with van der Waals surface area (Å²) in [5.74, 6) is -3.28. The summed E-state index contributed by atoms with van der Waals surface area (Å²) >= 11 is 5.53. The molecule has 0 aliphatic heterocycles. The van der Waals surface area contributed by atoms with E-state index in [1.807, 2.05) is 0 Å². The van der Waals surface area contributed by atoms with Gasteiger partial charge in [-0.25, -0.2) is 13.6 Å². The molecular weight excluding hydrogens is 304 g/mol. The van der Waals surface area contributed by atoms with Crippen molar-refractivity contribution < 1.29 is 23.1 Å². The van der Waals surface area contributed by atoms with Gasteiger partial charge in [0.05, 0.1) is 11.5 Å². The second kappa shape index (κ2) is 6.39. The van der Waals surface area contributed by atoms with Crippen molar-refractivity contribution in [3.63, 3.8) is 0 Å². The minimum atomic E-state index is -1.03. The summed E-state index contributed by atoms with van der Waals surface area (Å²) in [5.41, 5.74) is 4.21. The zero-order valence-corrected chi connectivity index (χ0v) is 11.8. The van der Waals surface area contributed by atoms with Gasteiger partial charge in [0.25, 0.3) is 0 Å². The van der Waals surface area contributed by atoms with Crippen LogP contribution in [-0.2, 0) is 4.74 Å². The number of hydrogen-bond donors (Lipinski definition) is 1. The summed E-state index contributed by atoms with van der Waals surface area (Å²) in [6, 6.07) is 1.75. The molecule has 0 bridgehead atoms. The largest absolute Gasteiger partial charge is 0.449 e. The minimum Gasteiger partial charge on any atom is -0.449 e. The Labute approximate surface area is 125 Å². The van der Waals surface area contributed by atoms with E-state index in [-0.39, 0.29) is 11.6 Å². The van der Waals surface area contributed by atoms with Gasteiger partial charge in [0.2, 0.25) is 0 Å². The van der Waals surface area contributed by atoms with Crippen LogP contribution in [0.2, 0.25) is 5.02 Å². The highest BCUT2D eigenvalue weighted by Crippen LogP contribution is 2.37. The van der Waals surface area contributed by atoms with E-state index in [1.54, 1.807) is 0 Å². The maximum absolute atomic E-state index is 13.8. The second-order valence-electron chi connectivity index (χ2n) is 5.11. The van der Waals surface area contributed by atoms with E-state index in [0.717, 1.165) is 25.0 Å². The molecule has 1 aromatic rings. The zero-order chi connectivity index (χ0) is 15.6. The fraction of sp³-hybridized carbons (Fsp3) is 0.429. The van der Waals surface area contributed by atoms with Crippen LogP contribution in [0.5, 0.6) is 0 Å². The molecule has 0 radical (unpaired) electrons. The average molecular weight is 318 g/mol. The number of amides is 1. The monoisotopic (exact) mass is 317 g/mol. The first-order chi connectivity index (χ1) is 9.88. The second-order valence-corrected chi connectivity index (χ2v) is 5.55. The van der Waals surface area contributed by atoms with Crippen molar-refractivity contribution in [3.05, 3.63) is 34.4 Å². The molecule has 0 aromatic heterocycles. The third-order valence-electron chi connectivity index (χ3n) is 3.37. The van der Waals surface area contributed by atoms with Crippen molar-refractivity contribution in [2.24, 2.45) is 17.6 Å². The highest BCUT2D eigenvalue weighted by molar-refractivity contribution is 6.30. The highest BCUT2D eigenvalue weighted by Gasteiger charge is 2.33. The normalized spacial score (nSPS) is 15.6. The summed E-state index contributed by atoms with van der Waals surface area (Å²) in [7, 11) is 0. The first-order valence-electron chi connectivity index (χ1n) is 6.49. The van der Waals surface area contributed by atoms with Crippen molar-refractivity contribution in [2.45, 2.75) is 19.3 Å². The molecule has 0 heterocycles. The molecule has 4 nitrogen and oxygen atoms in total. The molecule has 1 saturated carbocycles.